The number of methoxy groups -OCH3 is 1. The van der Waals surface area contributed by atoms with Crippen molar-refractivity contribution in [1.82, 2.24) is 0 Å². The number of aryl methyl sites for hydroxylation is 1. The number of benzene rings is 2. The highest BCUT2D eigenvalue weighted by atomic mass is 32.2. The van der Waals surface area contributed by atoms with Crippen LogP contribution < -0.4 is 9.46 Å². The molecule has 0 bridgehead atoms. The minimum atomic E-state index is -3.77. The molecule has 0 aromatic heterocycles. The monoisotopic (exact) mass is 319 g/mol. The highest BCUT2D eigenvalue weighted by Gasteiger charge is 2.19. The summed E-state index contributed by atoms with van der Waals surface area (Å²) in [6.45, 7) is 3.26. The lowest BCUT2D eigenvalue weighted by Gasteiger charge is -2.12. The zero-order valence-electron chi connectivity index (χ0n) is 12.6. The lowest BCUT2D eigenvalue weighted by molar-refractivity contribution is 0.101. The van der Waals surface area contributed by atoms with Crippen LogP contribution in [0.5, 0.6) is 5.75 Å². The molecule has 116 valence electrons. The Morgan fingerprint density at radius 1 is 1.09 bits per heavy atom. The van der Waals surface area contributed by atoms with Crippen LogP contribution in [0.1, 0.15) is 22.8 Å². The van der Waals surface area contributed by atoms with Gasteiger partial charge in [-0.3, -0.25) is 9.52 Å². The molecule has 0 spiro atoms. The van der Waals surface area contributed by atoms with Crippen molar-refractivity contribution in [2.75, 3.05) is 11.8 Å². The maximum atomic E-state index is 12.5. The second-order valence-corrected chi connectivity index (χ2v) is 6.54. The van der Waals surface area contributed by atoms with E-state index in [-0.39, 0.29) is 16.4 Å². The predicted octanol–water partition coefficient (Wildman–Crippen LogP) is 3.01. The largest absolute Gasteiger partial charge is 0.495 e. The Labute approximate surface area is 130 Å². The average Bonchev–Trinajstić information content (AvgIpc) is 2.47. The number of carbonyl (C=O) groups excluding carboxylic acids is 1. The van der Waals surface area contributed by atoms with E-state index in [9.17, 15) is 13.2 Å². The summed E-state index contributed by atoms with van der Waals surface area (Å²) < 4.78 is 32.6. The number of sulfonamides is 1. The Balaban J connectivity index is 2.35. The van der Waals surface area contributed by atoms with Gasteiger partial charge in [0.15, 0.2) is 5.78 Å². The molecule has 2 aromatic rings. The van der Waals surface area contributed by atoms with Gasteiger partial charge in [-0.1, -0.05) is 6.07 Å². The molecule has 5 nitrogen and oxygen atoms in total. The van der Waals surface area contributed by atoms with Gasteiger partial charge in [0.05, 0.1) is 7.11 Å². The van der Waals surface area contributed by atoms with Crippen molar-refractivity contribution in [3.05, 3.63) is 53.6 Å². The first-order chi connectivity index (χ1) is 10.3. The number of Topliss-reactive ketones (excluding diaryl/α,β-unsaturated/α-hetero) is 1. The molecule has 0 aliphatic carbocycles. The number of nitrogens with one attached hydrogen (secondary N) is 1. The SMILES string of the molecule is COc1ccc(C)cc1S(=O)(=O)Nc1ccc(C(C)=O)cc1. The minimum absolute atomic E-state index is 0.0743. The van der Waals surface area contributed by atoms with Crippen LogP contribution in [0.2, 0.25) is 0 Å². The third-order valence-corrected chi connectivity index (χ3v) is 4.55. The smallest absolute Gasteiger partial charge is 0.265 e. The number of rotatable bonds is 5. The van der Waals surface area contributed by atoms with Crippen molar-refractivity contribution in [2.24, 2.45) is 0 Å². The summed E-state index contributed by atoms with van der Waals surface area (Å²) in [5.41, 5.74) is 1.72. The predicted molar refractivity (Wildman–Crippen MR) is 85.0 cm³/mol. The van der Waals surface area contributed by atoms with E-state index >= 15 is 0 Å². The van der Waals surface area contributed by atoms with Crippen molar-refractivity contribution < 1.29 is 17.9 Å². The third kappa shape index (κ3) is 3.46. The van der Waals surface area contributed by atoms with Crippen LogP contribution >= 0.6 is 0 Å². The van der Waals surface area contributed by atoms with Gasteiger partial charge in [-0.05, 0) is 55.8 Å². The number of hydrogen-bond donors (Lipinski definition) is 1. The Morgan fingerprint density at radius 3 is 2.27 bits per heavy atom. The van der Waals surface area contributed by atoms with Gasteiger partial charge in [-0.25, -0.2) is 8.42 Å². The van der Waals surface area contributed by atoms with Gasteiger partial charge < -0.3 is 4.74 Å². The first-order valence-electron chi connectivity index (χ1n) is 6.62. The normalized spacial score (nSPS) is 11.0. The topological polar surface area (TPSA) is 72.5 Å². The molecule has 0 radical (unpaired) electrons. The molecule has 2 rings (SSSR count). The quantitative estimate of drug-likeness (QED) is 0.860. The van der Waals surface area contributed by atoms with Gasteiger partial charge in [0.25, 0.3) is 10.0 Å². The number of ketones is 1. The first-order valence-corrected chi connectivity index (χ1v) is 8.10. The Bertz CT molecular complexity index is 795. The van der Waals surface area contributed by atoms with Gasteiger partial charge in [0.1, 0.15) is 10.6 Å². The summed E-state index contributed by atoms with van der Waals surface area (Å²) in [6, 6.07) is 11.2. The van der Waals surface area contributed by atoms with Crippen molar-refractivity contribution in [3.8, 4) is 5.75 Å². The Hall–Kier alpha value is -2.34. The molecule has 0 heterocycles. The summed E-state index contributed by atoms with van der Waals surface area (Å²) in [5.74, 6) is 0.202. The van der Waals surface area contributed by atoms with Crippen LogP contribution in [0, 0.1) is 6.92 Å². The molecular formula is C16H17NO4S. The highest BCUT2D eigenvalue weighted by molar-refractivity contribution is 7.92. The van der Waals surface area contributed by atoms with Gasteiger partial charge in [-0.15, -0.1) is 0 Å². The van der Waals surface area contributed by atoms with E-state index in [0.717, 1.165) is 5.56 Å². The van der Waals surface area contributed by atoms with Crippen LogP contribution in [-0.2, 0) is 10.0 Å². The fourth-order valence-electron chi connectivity index (χ4n) is 1.98. The van der Waals surface area contributed by atoms with Gasteiger partial charge in [0, 0.05) is 11.3 Å². The second kappa shape index (κ2) is 6.19. The average molecular weight is 319 g/mol. The fourth-order valence-corrected chi connectivity index (χ4v) is 3.29. The van der Waals surface area contributed by atoms with E-state index in [1.165, 1.54) is 14.0 Å². The molecule has 0 saturated carbocycles. The molecule has 1 N–H and O–H groups in total. The molecule has 0 amide bonds. The molecule has 0 fully saturated rings. The maximum absolute atomic E-state index is 12.5. The van der Waals surface area contributed by atoms with Crippen LogP contribution in [0.4, 0.5) is 5.69 Å². The van der Waals surface area contributed by atoms with E-state index in [1.54, 1.807) is 49.4 Å². The summed E-state index contributed by atoms with van der Waals surface area (Å²) in [7, 11) is -2.35. The maximum Gasteiger partial charge on any atom is 0.265 e. The zero-order valence-corrected chi connectivity index (χ0v) is 13.4. The molecule has 0 saturated heterocycles. The van der Waals surface area contributed by atoms with Crippen LogP contribution in [0.25, 0.3) is 0 Å². The Morgan fingerprint density at radius 2 is 1.73 bits per heavy atom. The van der Waals surface area contributed by atoms with Crippen molar-refractivity contribution >= 4 is 21.5 Å². The van der Waals surface area contributed by atoms with E-state index < -0.39 is 10.0 Å². The highest BCUT2D eigenvalue weighted by Crippen LogP contribution is 2.26. The molecule has 6 heteroatoms. The summed E-state index contributed by atoms with van der Waals surface area (Å²) in [6.07, 6.45) is 0. The summed E-state index contributed by atoms with van der Waals surface area (Å²) in [4.78, 5) is 11.3. The molecule has 0 aliphatic rings. The molecule has 0 unspecified atom stereocenters. The van der Waals surface area contributed by atoms with E-state index in [1.807, 2.05) is 0 Å². The summed E-state index contributed by atoms with van der Waals surface area (Å²) in [5, 5.41) is 0. The number of ether oxygens (including phenoxy) is 1. The minimum Gasteiger partial charge on any atom is -0.495 e. The standard InChI is InChI=1S/C16H17NO4S/c1-11-4-9-15(21-3)16(10-11)22(19,20)17-14-7-5-13(6-8-14)12(2)18/h4-10,17H,1-3H3. The molecule has 0 atom stereocenters. The van der Waals surface area contributed by atoms with E-state index in [2.05, 4.69) is 4.72 Å². The van der Waals surface area contributed by atoms with Crippen molar-refractivity contribution in [2.45, 2.75) is 18.7 Å². The molecule has 2 aromatic carbocycles. The Kier molecular flexibility index (Phi) is 4.51. The molecule has 22 heavy (non-hydrogen) atoms. The lowest BCUT2D eigenvalue weighted by atomic mass is 10.1. The van der Waals surface area contributed by atoms with Crippen LogP contribution in [-0.4, -0.2) is 21.3 Å². The second-order valence-electron chi connectivity index (χ2n) is 4.89. The summed E-state index contributed by atoms with van der Waals surface area (Å²) >= 11 is 0. The fraction of sp³-hybridized carbons (Fsp3) is 0.188. The zero-order chi connectivity index (χ0) is 16.3. The third-order valence-electron chi connectivity index (χ3n) is 3.15. The lowest BCUT2D eigenvalue weighted by Crippen LogP contribution is -2.14. The van der Waals surface area contributed by atoms with E-state index in [0.29, 0.717) is 11.3 Å². The van der Waals surface area contributed by atoms with Gasteiger partial charge in [-0.2, -0.15) is 0 Å². The first kappa shape index (κ1) is 16.0. The van der Waals surface area contributed by atoms with Crippen molar-refractivity contribution in [1.29, 1.82) is 0 Å². The number of carbonyl (C=O) groups is 1. The number of hydrogen-bond acceptors (Lipinski definition) is 4. The van der Waals surface area contributed by atoms with E-state index in [4.69, 9.17) is 4.74 Å². The van der Waals surface area contributed by atoms with Crippen LogP contribution in [0.3, 0.4) is 0 Å². The molecule has 0 aliphatic heterocycles. The molecular weight excluding hydrogens is 302 g/mol. The number of anilines is 1. The van der Waals surface area contributed by atoms with Crippen LogP contribution in [0.15, 0.2) is 47.4 Å². The van der Waals surface area contributed by atoms with Crippen molar-refractivity contribution in [3.63, 3.8) is 0 Å². The van der Waals surface area contributed by atoms with Gasteiger partial charge >= 0.3 is 0 Å². The van der Waals surface area contributed by atoms with Gasteiger partial charge in [0.2, 0.25) is 0 Å².